The minimum Gasteiger partial charge on any atom is -0.383 e. The predicted octanol–water partition coefficient (Wildman–Crippen LogP) is 6.03. The molecule has 1 fully saturated rings. The molecule has 0 bridgehead atoms. The number of aliphatic hydroxyl groups is 1. The van der Waals surface area contributed by atoms with Gasteiger partial charge in [-0.05, 0) is 56.6 Å². The third-order valence-electron chi connectivity index (χ3n) is 6.45. The van der Waals surface area contributed by atoms with Crippen molar-refractivity contribution in [2.24, 2.45) is 0 Å². The number of thiazole rings is 1. The van der Waals surface area contributed by atoms with E-state index < -0.39 is 17.3 Å². The summed E-state index contributed by atoms with van der Waals surface area (Å²) < 4.78 is 40.5. The molecule has 6 nitrogen and oxygen atoms in total. The molecule has 37 heavy (non-hydrogen) atoms. The molecule has 1 aliphatic rings. The number of nitrogens with zero attached hydrogens (tertiary/aromatic N) is 3. The van der Waals surface area contributed by atoms with Crippen molar-refractivity contribution in [3.63, 3.8) is 0 Å². The number of nitrogens with one attached hydrogen (secondary N) is 2. The highest BCUT2D eigenvalue weighted by atomic mass is 32.1. The van der Waals surface area contributed by atoms with Crippen LogP contribution in [0.5, 0.6) is 0 Å². The SMILES string of the molecule is C[C@H](Nc1nccc(-c2sc(C3(O)CCNCC3)nc2-c2cccc(C(F)(F)F)c2)n1)c1ccccc1. The van der Waals surface area contributed by atoms with E-state index in [-0.39, 0.29) is 6.04 Å². The molecule has 0 radical (unpaired) electrons. The first-order valence-electron chi connectivity index (χ1n) is 12.0. The second-order valence-electron chi connectivity index (χ2n) is 9.10. The van der Waals surface area contributed by atoms with E-state index in [4.69, 9.17) is 4.98 Å². The molecule has 0 unspecified atom stereocenters. The van der Waals surface area contributed by atoms with Crippen molar-refractivity contribution >= 4 is 17.3 Å². The third-order valence-corrected chi connectivity index (χ3v) is 7.72. The largest absolute Gasteiger partial charge is 0.416 e. The summed E-state index contributed by atoms with van der Waals surface area (Å²) in [7, 11) is 0. The van der Waals surface area contributed by atoms with Gasteiger partial charge in [0.1, 0.15) is 10.6 Å². The maximum Gasteiger partial charge on any atom is 0.416 e. The summed E-state index contributed by atoms with van der Waals surface area (Å²) in [5.74, 6) is 0.388. The third kappa shape index (κ3) is 5.51. The van der Waals surface area contributed by atoms with Crippen LogP contribution >= 0.6 is 11.3 Å². The standard InChI is InChI=1S/C27H26F3N5OS/c1-17(18-6-3-2-4-7-18)33-25-32-13-10-21(34-25)23-22(19-8-5-9-20(16-19)27(28,29)30)35-24(37-23)26(36)11-14-31-15-12-26/h2-10,13,16-17,31,36H,11-12,14-15H2,1H3,(H,32,33,34)/t17-/m0/s1. The molecule has 2 aromatic carbocycles. The molecule has 5 rings (SSSR count). The highest BCUT2D eigenvalue weighted by Crippen LogP contribution is 2.43. The molecule has 0 spiro atoms. The second kappa shape index (κ2) is 10.2. The summed E-state index contributed by atoms with van der Waals surface area (Å²) in [6, 6.07) is 16.6. The van der Waals surface area contributed by atoms with E-state index in [1.54, 1.807) is 18.3 Å². The first-order valence-corrected chi connectivity index (χ1v) is 12.8. The van der Waals surface area contributed by atoms with Gasteiger partial charge in [-0.15, -0.1) is 11.3 Å². The van der Waals surface area contributed by atoms with E-state index in [0.29, 0.717) is 58.7 Å². The number of alkyl halides is 3. The number of piperidine rings is 1. The highest BCUT2D eigenvalue weighted by Gasteiger charge is 2.36. The summed E-state index contributed by atoms with van der Waals surface area (Å²) in [4.78, 5) is 14.3. The normalized spacial score (nSPS) is 16.4. The molecule has 2 aromatic heterocycles. The summed E-state index contributed by atoms with van der Waals surface area (Å²) in [6.07, 6.45) is -1.95. The van der Waals surface area contributed by atoms with Gasteiger partial charge in [-0.3, -0.25) is 0 Å². The number of rotatable bonds is 6. The Bertz CT molecular complexity index is 1370. The zero-order valence-corrected chi connectivity index (χ0v) is 20.9. The minimum atomic E-state index is -4.48. The summed E-state index contributed by atoms with van der Waals surface area (Å²) in [5.41, 5.74) is 0.351. The lowest BCUT2D eigenvalue weighted by atomic mass is 9.93. The fourth-order valence-corrected chi connectivity index (χ4v) is 5.56. The van der Waals surface area contributed by atoms with Crippen LogP contribution in [0, 0.1) is 0 Å². The van der Waals surface area contributed by atoms with Crippen LogP contribution in [0.2, 0.25) is 0 Å². The highest BCUT2D eigenvalue weighted by molar-refractivity contribution is 7.15. The molecular weight excluding hydrogens is 499 g/mol. The topological polar surface area (TPSA) is 83.0 Å². The Kier molecular flexibility index (Phi) is 6.98. The molecule has 1 saturated heterocycles. The van der Waals surface area contributed by atoms with Crippen LogP contribution in [-0.4, -0.2) is 33.1 Å². The van der Waals surface area contributed by atoms with Crippen molar-refractivity contribution in [1.29, 1.82) is 0 Å². The monoisotopic (exact) mass is 525 g/mol. The fraction of sp³-hybridized carbons (Fsp3) is 0.296. The Hall–Kier alpha value is -3.34. The van der Waals surface area contributed by atoms with Gasteiger partial charge in [0, 0.05) is 11.8 Å². The maximum atomic E-state index is 13.5. The molecule has 3 N–H and O–H groups in total. The number of anilines is 1. The Morgan fingerprint density at radius 1 is 1.03 bits per heavy atom. The second-order valence-corrected chi connectivity index (χ2v) is 10.1. The molecule has 3 heterocycles. The minimum absolute atomic E-state index is 0.0631. The molecular formula is C27H26F3N5OS. The Morgan fingerprint density at radius 3 is 2.51 bits per heavy atom. The summed E-state index contributed by atoms with van der Waals surface area (Å²) in [6.45, 7) is 3.25. The summed E-state index contributed by atoms with van der Waals surface area (Å²) >= 11 is 1.26. The predicted molar refractivity (Wildman–Crippen MR) is 138 cm³/mol. The van der Waals surface area contributed by atoms with E-state index in [0.717, 1.165) is 17.7 Å². The zero-order chi connectivity index (χ0) is 26.0. The van der Waals surface area contributed by atoms with Crippen molar-refractivity contribution in [3.8, 4) is 21.8 Å². The average molecular weight is 526 g/mol. The van der Waals surface area contributed by atoms with E-state index in [9.17, 15) is 18.3 Å². The van der Waals surface area contributed by atoms with Crippen LogP contribution in [-0.2, 0) is 11.8 Å². The van der Waals surface area contributed by atoms with Gasteiger partial charge < -0.3 is 15.7 Å². The van der Waals surface area contributed by atoms with E-state index in [2.05, 4.69) is 20.6 Å². The molecule has 10 heteroatoms. The van der Waals surface area contributed by atoms with Crippen molar-refractivity contribution in [2.45, 2.75) is 37.6 Å². The molecule has 0 aliphatic carbocycles. The average Bonchev–Trinajstić information content (AvgIpc) is 3.36. The van der Waals surface area contributed by atoms with Gasteiger partial charge in [-0.1, -0.05) is 42.5 Å². The number of aromatic nitrogens is 3. The van der Waals surface area contributed by atoms with Gasteiger partial charge in [0.2, 0.25) is 5.95 Å². The van der Waals surface area contributed by atoms with Gasteiger partial charge in [-0.2, -0.15) is 13.2 Å². The smallest absolute Gasteiger partial charge is 0.383 e. The molecule has 1 aliphatic heterocycles. The maximum absolute atomic E-state index is 13.5. The Balaban J connectivity index is 1.57. The first-order chi connectivity index (χ1) is 17.7. The van der Waals surface area contributed by atoms with Gasteiger partial charge >= 0.3 is 6.18 Å². The van der Waals surface area contributed by atoms with Gasteiger partial charge in [0.05, 0.1) is 27.9 Å². The van der Waals surface area contributed by atoms with Gasteiger partial charge in [-0.25, -0.2) is 15.0 Å². The number of hydrogen-bond donors (Lipinski definition) is 3. The molecule has 0 amide bonds. The van der Waals surface area contributed by atoms with Gasteiger partial charge in [0.15, 0.2) is 0 Å². The van der Waals surface area contributed by atoms with Crippen molar-refractivity contribution in [3.05, 3.63) is 83.0 Å². The van der Waals surface area contributed by atoms with Crippen molar-refractivity contribution in [2.75, 3.05) is 18.4 Å². The molecule has 0 saturated carbocycles. The summed E-state index contributed by atoms with van der Waals surface area (Å²) in [5, 5.41) is 18.3. The van der Waals surface area contributed by atoms with Crippen molar-refractivity contribution in [1.82, 2.24) is 20.3 Å². The number of halogens is 3. The van der Waals surface area contributed by atoms with E-state index >= 15 is 0 Å². The van der Waals surface area contributed by atoms with Crippen LogP contribution in [0.15, 0.2) is 66.9 Å². The van der Waals surface area contributed by atoms with Gasteiger partial charge in [0.25, 0.3) is 0 Å². The van der Waals surface area contributed by atoms with E-state index in [1.807, 2.05) is 37.3 Å². The zero-order valence-electron chi connectivity index (χ0n) is 20.1. The number of benzene rings is 2. The quantitative estimate of drug-likeness (QED) is 0.285. The molecule has 192 valence electrons. The molecule has 1 atom stereocenters. The van der Waals surface area contributed by atoms with Crippen LogP contribution in [0.25, 0.3) is 21.8 Å². The van der Waals surface area contributed by atoms with Crippen LogP contribution in [0.4, 0.5) is 19.1 Å². The van der Waals surface area contributed by atoms with Crippen LogP contribution in [0.3, 0.4) is 0 Å². The molecule has 4 aromatic rings. The lowest BCUT2D eigenvalue weighted by molar-refractivity contribution is -0.137. The first kappa shape index (κ1) is 25.3. The fourth-order valence-electron chi connectivity index (χ4n) is 4.36. The van der Waals surface area contributed by atoms with Crippen LogP contribution in [0.1, 0.15) is 41.9 Å². The Morgan fingerprint density at radius 2 is 1.78 bits per heavy atom. The lowest BCUT2D eigenvalue weighted by Crippen LogP contribution is -2.39. The van der Waals surface area contributed by atoms with E-state index in [1.165, 1.54) is 17.4 Å². The Labute approximate surface area is 216 Å². The number of hydrogen-bond acceptors (Lipinski definition) is 7. The van der Waals surface area contributed by atoms with Crippen LogP contribution < -0.4 is 10.6 Å². The van der Waals surface area contributed by atoms with Crippen molar-refractivity contribution < 1.29 is 18.3 Å². The lowest BCUT2D eigenvalue weighted by Gasteiger charge is -2.30.